The second kappa shape index (κ2) is 8.71. The van der Waals surface area contributed by atoms with Gasteiger partial charge in [-0.2, -0.15) is 0 Å². The van der Waals surface area contributed by atoms with Crippen LogP contribution >= 0.6 is 0 Å². The van der Waals surface area contributed by atoms with E-state index in [9.17, 15) is 4.79 Å². The van der Waals surface area contributed by atoms with Crippen LogP contribution in [0.3, 0.4) is 0 Å². The Balaban J connectivity index is 1.64. The average molecular weight is 433 g/mol. The van der Waals surface area contributed by atoms with E-state index in [0.29, 0.717) is 5.56 Å². The fourth-order valence-electron chi connectivity index (χ4n) is 4.27. The first-order valence-electron chi connectivity index (χ1n) is 10.9. The third-order valence-corrected chi connectivity index (χ3v) is 6.05. The zero-order valence-electron chi connectivity index (χ0n) is 18.3. The van der Waals surface area contributed by atoms with Crippen LogP contribution in [0.15, 0.2) is 97.3 Å². The number of primary amides is 1. The molecule has 5 nitrogen and oxygen atoms in total. The van der Waals surface area contributed by atoms with Gasteiger partial charge in [-0.15, -0.1) is 0 Å². The number of benzene rings is 3. The predicted octanol–water partition coefficient (Wildman–Crippen LogP) is 5.40. The molecule has 0 saturated heterocycles. The number of hydrogen-bond donors (Lipinski definition) is 1. The molecule has 5 heteroatoms. The van der Waals surface area contributed by atoms with Crippen LogP contribution in [-0.4, -0.2) is 20.4 Å². The molecule has 0 aliphatic carbocycles. The SMILES string of the molecule is CC(c1ccccc1)n1c(Cc2ccncc2)nc2ccc(-c3ccc(C(N)=O)cc3)cc21. The van der Waals surface area contributed by atoms with E-state index in [2.05, 4.69) is 58.9 Å². The molecule has 5 aromatic rings. The second-order valence-corrected chi connectivity index (χ2v) is 8.16. The summed E-state index contributed by atoms with van der Waals surface area (Å²) in [7, 11) is 0. The quantitative estimate of drug-likeness (QED) is 0.391. The molecule has 1 atom stereocenters. The van der Waals surface area contributed by atoms with Crippen molar-refractivity contribution in [3.05, 3.63) is 120 Å². The fourth-order valence-corrected chi connectivity index (χ4v) is 4.27. The highest BCUT2D eigenvalue weighted by Gasteiger charge is 2.18. The van der Waals surface area contributed by atoms with Crippen LogP contribution in [0, 0.1) is 0 Å². The van der Waals surface area contributed by atoms with Gasteiger partial charge in [0.2, 0.25) is 5.91 Å². The number of rotatable bonds is 6. The summed E-state index contributed by atoms with van der Waals surface area (Å²) in [6, 6.07) is 28.4. The fraction of sp³-hybridized carbons (Fsp3) is 0.107. The zero-order chi connectivity index (χ0) is 22.8. The maximum Gasteiger partial charge on any atom is 0.248 e. The topological polar surface area (TPSA) is 73.8 Å². The van der Waals surface area contributed by atoms with Crippen molar-refractivity contribution in [3.63, 3.8) is 0 Å². The van der Waals surface area contributed by atoms with Crippen LogP contribution in [0.5, 0.6) is 0 Å². The predicted molar refractivity (Wildman–Crippen MR) is 131 cm³/mol. The highest BCUT2D eigenvalue weighted by atomic mass is 16.1. The molecule has 3 aromatic carbocycles. The number of carbonyl (C=O) groups excluding carboxylic acids is 1. The Kier molecular flexibility index (Phi) is 5.45. The summed E-state index contributed by atoms with van der Waals surface area (Å²) in [5, 5.41) is 0. The van der Waals surface area contributed by atoms with Crippen molar-refractivity contribution in [1.82, 2.24) is 14.5 Å². The maximum absolute atomic E-state index is 11.4. The number of aromatic nitrogens is 3. The molecule has 0 spiro atoms. The second-order valence-electron chi connectivity index (χ2n) is 8.16. The number of nitrogens with two attached hydrogens (primary N) is 1. The largest absolute Gasteiger partial charge is 0.366 e. The average Bonchev–Trinajstić information content (AvgIpc) is 3.21. The van der Waals surface area contributed by atoms with E-state index >= 15 is 0 Å². The van der Waals surface area contributed by atoms with Gasteiger partial charge in [0.15, 0.2) is 0 Å². The summed E-state index contributed by atoms with van der Waals surface area (Å²) in [6.45, 7) is 2.21. The Morgan fingerprint density at radius 2 is 1.61 bits per heavy atom. The van der Waals surface area contributed by atoms with Gasteiger partial charge in [-0.1, -0.05) is 48.5 Å². The first-order chi connectivity index (χ1) is 16.1. The number of pyridine rings is 1. The van der Waals surface area contributed by atoms with Gasteiger partial charge in [0.05, 0.1) is 17.1 Å². The lowest BCUT2D eigenvalue weighted by Crippen LogP contribution is -2.11. The van der Waals surface area contributed by atoms with Crippen molar-refractivity contribution < 1.29 is 4.79 Å². The minimum Gasteiger partial charge on any atom is -0.366 e. The van der Waals surface area contributed by atoms with Gasteiger partial charge < -0.3 is 10.3 Å². The number of nitrogens with zero attached hydrogens (tertiary/aromatic N) is 3. The van der Waals surface area contributed by atoms with Crippen LogP contribution in [-0.2, 0) is 6.42 Å². The summed E-state index contributed by atoms with van der Waals surface area (Å²) in [5.74, 6) is 0.585. The van der Waals surface area contributed by atoms with E-state index in [4.69, 9.17) is 10.7 Å². The lowest BCUT2D eigenvalue weighted by Gasteiger charge is -2.19. The molecule has 1 amide bonds. The monoisotopic (exact) mass is 432 g/mol. The number of amides is 1. The number of imidazole rings is 1. The van der Waals surface area contributed by atoms with Crippen molar-refractivity contribution in [2.45, 2.75) is 19.4 Å². The summed E-state index contributed by atoms with van der Waals surface area (Å²) in [4.78, 5) is 20.6. The summed E-state index contributed by atoms with van der Waals surface area (Å²) < 4.78 is 2.33. The summed E-state index contributed by atoms with van der Waals surface area (Å²) in [5.41, 5.74) is 12.4. The molecule has 2 N–H and O–H groups in total. The molecule has 0 aliphatic heterocycles. The summed E-state index contributed by atoms with van der Waals surface area (Å²) in [6.07, 6.45) is 4.35. The third-order valence-electron chi connectivity index (χ3n) is 6.05. The minimum atomic E-state index is -0.424. The van der Waals surface area contributed by atoms with E-state index in [1.807, 2.05) is 42.7 Å². The molecule has 2 heterocycles. The number of carbonyl (C=O) groups is 1. The Hall–Kier alpha value is -4.25. The normalized spacial score (nSPS) is 12.0. The van der Waals surface area contributed by atoms with Crippen LogP contribution < -0.4 is 5.73 Å². The molecule has 1 unspecified atom stereocenters. The summed E-state index contributed by atoms with van der Waals surface area (Å²) >= 11 is 0. The van der Waals surface area contributed by atoms with Crippen molar-refractivity contribution in [2.75, 3.05) is 0 Å². The van der Waals surface area contributed by atoms with Gasteiger partial charge in [0.1, 0.15) is 5.82 Å². The first kappa shape index (κ1) is 20.6. The van der Waals surface area contributed by atoms with Gasteiger partial charge in [-0.3, -0.25) is 9.78 Å². The van der Waals surface area contributed by atoms with Crippen molar-refractivity contribution >= 4 is 16.9 Å². The maximum atomic E-state index is 11.4. The standard InChI is InChI=1S/C28H24N4O/c1-19(21-5-3-2-4-6-21)32-26-18-24(22-7-9-23(10-8-22)28(29)33)11-12-25(26)31-27(32)17-20-13-15-30-16-14-20/h2-16,18-19H,17H2,1H3,(H2,29,33). The highest BCUT2D eigenvalue weighted by molar-refractivity contribution is 5.93. The molecule has 33 heavy (non-hydrogen) atoms. The van der Waals surface area contributed by atoms with Gasteiger partial charge in [0, 0.05) is 24.4 Å². The van der Waals surface area contributed by atoms with Gasteiger partial charge >= 0.3 is 0 Å². The Labute approximate surface area is 192 Å². The van der Waals surface area contributed by atoms with Crippen molar-refractivity contribution in [2.24, 2.45) is 5.73 Å². The van der Waals surface area contributed by atoms with Gasteiger partial charge in [0.25, 0.3) is 0 Å². The lowest BCUT2D eigenvalue weighted by atomic mass is 10.0. The molecule has 2 aromatic heterocycles. The number of hydrogen-bond acceptors (Lipinski definition) is 3. The van der Waals surface area contributed by atoms with E-state index < -0.39 is 5.91 Å². The van der Waals surface area contributed by atoms with E-state index in [1.54, 1.807) is 12.1 Å². The van der Waals surface area contributed by atoms with Gasteiger partial charge in [-0.05, 0) is 65.6 Å². The number of fused-ring (bicyclic) bond motifs is 1. The highest BCUT2D eigenvalue weighted by Crippen LogP contribution is 2.31. The smallest absolute Gasteiger partial charge is 0.248 e. The molecular weight excluding hydrogens is 408 g/mol. The van der Waals surface area contributed by atoms with E-state index in [0.717, 1.165) is 34.4 Å². The van der Waals surface area contributed by atoms with Gasteiger partial charge in [-0.25, -0.2) is 4.98 Å². The Bertz CT molecular complexity index is 1410. The minimum absolute atomic E-state index is 0.112. The molecule has 0 aliphatic rings. The lowest BCUT2D eigenvalue weighted by molar-refractivity contribution is 0.100. The van der Waals surface area contributed by atoms with Crippen LogP contribution in [0.25, 0.3) is 22.2 Å². The molecule has 5 rings (SSSR count). The Morgan fingerprint density at radius 3 is 2.30 bits per heavy atom. The zero-order valence-corrected chi connectivity index (χ0v) is 18.3. The van der Waals surface area contributed by atoms with E-state index in [1.165, 1.54) is 11.1 Å². The van der Waals surface area contributed by atoms with Crippen LogP contribution in [0.2, 0.25) is 0 Å². The molecular formula is C28H24N4O. The van der Waals surface area contributed by atoms with Crippen molar-refractivity contribution in [1.29, 1.82) is 0 Å². The van der Waals surface area contributed by atoms with Crippen molar-refractivity contribution in [3.8, 4) is 11.1 Å². The molecule has 162 valence electrons. The first-order valence-corrected chi connectivity index (χ1v) is 10.9. The Morgan fingerprint density at radius 1 is 0.909 bits per heavy atom. The molecule has 0 fully saturated rings. The van der Waals surface area contributed by atoms with Crippen LogP contribution in [0.4, 0.5) is 0 Å². The van der Waals surface area contributed by atoms with Crippen LogP contribution in [0.1, 0.15) is 40.3 Å². The third kappa shape index (κ3) is 4.13. The molecule has 0 bridgehead atoms. The molecule has 0 saturated carbocycles. The molecule has 0 radical (unpaired) electrons. The van der Waals surface area contributed by atoms with E-state index in [-0.39, 0.29) is 6.04 Å².